The number of carboxylic acid groups (broad SMARTS) is 1. The van der Waals surface area contributed by atoms with Gasteiger partial charge in [-0.3, -0.25) is 9.78 Å². The van der Waals surface area contributed by atoms with Crippen molar-refractivity contribution in [2.45, 2.75) is 25.8 Å². The molecule has 2 aromatic carbocycles. The van der Waals surface area contributed by atoms with Crippen LogP contribution in [0.3, 0.4) is 0 Å². The number of anilines is 2. The lowest BCUT2D eigenvalue weighted by Gasteiger charge is -2.38. The van der Waals surface area contributed by atoms with Crippen molar-refractivity contribution < 1.29 is 23.8 Å². The number of aromatic nitrogens is 1. The van der Waals surface area contributed by atoms with Crippen LogP contribution in [0.4, 0.5) is 11.4 Å². The van der Waals surface area contributed by atoms with Crippen molar-refractivity contribution in [1.29, 1.82) is 0 Å². The molecule has 38 heavy (non-hydrogen) atoms. The molecule has 1 aliphatic carbocycles. The molecule has 0 spiro atoms. The van der Waals surface area contributed by atoms with Crippen LogP contribution in [0.1, 0.15) is 34.5 Å². The second-order valence-electron chi connectivity index (χ2n) is 9.39. The lowest BCUT2D eigenvalue weighted by molar-refractivity contribution is -0.131. The predicted octanol–water partition coefficient (Wildman–Crippen LogP) is 6.31. The number of pyridine rings is 1. The fraction of sp³-hybridized carbons (Fsp3) is 0.207. The molecule has 1 aliphatic heterocycles. The predicted molar refractivity (Wildman–Crippen MR) is 145 cm³/mol. The van der Waals surface area contributed by atoms with Crippen molar-refractivity contribution in [1.82, 2.24) is 4.98 Å². The first-order chi connectivity index (χ1) is 18.4. The molecule has 1 fully saturated rings. The molecule has 0 bridgehead atoms. The number of furan rings is 1. The summed E-state index contributed by atoms with van der Waals surface area (Å²) in [5.41, 5.74) is 3.52. The second kappa shape index (κ2) is 9.54. The first-order valence-electron chi connectivity index (χ1n) is 12.3. The highest BCUT2D eigenvalue weighted by Gasteiger charge is 2.36. The van der Waals surface area contributed by atoms with Gasteiger partial charge in [0.2, 0.25) is 0 Å². The zero-order valence-corrected chi connectivity index (χ0v) is 21.3. The Morgan fingerprint density at radius 2 is 1.92 bits per heavy atom. The molecule has 0 saturated heterocycles. The lowest BCUT2D eigenvalue weighted by Crippen LogP contribution is -2.45. The molecule has 0 atom stereocenters. The van der Waals surface area contributed by atoms with Crippen molar-refractivity contribution in [3.05, 3.63) is 82.8 Å². The van der Waals surface area contributed by atoms with E-state index in [9.17, 15) is 9.59 Å². The Bertz CT molecular complexity index is 1610. The minimum absolute atomic E-state index is 0.200. The number of rotatable bonds is 6. The van der Waals surface area contributed by atoms with Gasteiger partial charge in [-0.25, -0.2) is 4.79 Å². The maximum absolute atomic E-state index is 13.8. The topological polar surface area (TPSA) is 96.1 Å². The highest BCUT2D eigenvalue weighted by atomic mass is 35.5. The molecular formula is C29H24ClN3O5. The number of ether oxygens (including phenoxy) is 1. The van der Waals surface area contributed by atoms with Crippen LogP contribution in [0.15, 0.2) is 65.4 Å². The van der Waals surface area contributed by atoms with Gasteiger partial charge < -0.3 is 24.1 Å². The summed E-state index contributed by atoms with van der Waals surface area (Å²) in [6, 6.07) is 13.5. The van der Waals surface area contributed by atoms with E-state index in [0.29, 0.717) is 46.0 Å². The van der Waals surface area contributed by atoms with Crippen LogP contribution < -0.4 is 14.5 Å². The van der Waals surface area contributed by atoms with Crippen molar-refractivity contribution >= 4 is 51.9 Å². The summed E-state index contributed by atoms with van der Waals surface area (Å²) < 4.78 is 12.0. The highest BCUT2D eigenvalue weighted by Crippen LogP contribution is 2.42. The summed E-state index contributed by atoms with van der Waals surface area (Å²) in [5.74, 6) is -0.178. The number of carbonyl (C=O) groups is 2. The van der Waals surface area contributed by atoms with Gasteiger partial charge in [-0.15, -0.1) is 0 Å². The average Bonchev–Trinajstić information content (AvgIpc) is 3.72. The van der Waals surface area contributed by atoms with Gasteiger partial charge in [-0.1, -0.05) is 23.7 Å². The standard InChI is InChI=1S/C29H24ClN3O5/c1-17-19-14-27(21(30)15-26(19)37-24(17)8-9-28(34)35)38-25-10-11-31-16-20(25)29(36)33-13-12-32(18-6-7-18)22-4-2-3-5-23(22)33/h2-5,8-11,14-16,18H,6-7,12-13H2,1H3,(H,34,35)/b9-8+. The molecule has 1 saturated carbocycles. The van der Waals surface area contributed by atoms with E-state index in [1.807, 2.05) is 25.1 Å². The number of halogens is 1. The zero-order valence-electron chi connectivity index (χ0n) is 20.6. The smallest absolute Gasteiger partial charge is 0.328 e. The average molecular weight is 530 g/mol. The molecule has 3 heterocycles. The molecular weight excluding hydrogens is 506 g/mol. The third kappa shape index (κ3) is 4.37. The van der Waals surface area contributed by atoms with E-state index in [4.69, 9.17) is 25.9 Å². The third-order valence-electron chi connectivity index (χ3n) is 6.92. The van der Waals surface area contributed by atoms with Crippen LogP contribution in [0.5, 0.6) is 11.5 Å². The number of nitrogens with zero attached hydrogens (tertiary/aromatic N) is 3. The van der Waals surface area contributed by atoms with E-state index in [1.165, 1.54) is 25.1 Å². The van der Waals surface area contributed by atoms with Gasteiger partial charge in [-0.2, -0.15) is 0 Å². The van der Waals surface area contributed by atoms with E-state index < -0.39 is 5.97 Å². The first kappa shape index (κ1) is 24.1. The van der Waals surface area contributed by atoms with Gasteiger partial charge in [-0.05, 0) is 50.1 Å². The number of para-hydroxylation sites is 2. The first-order valence-corrected chi connectivity index (χ1v) is 12.7. The second-order valence-corrected chi connectivity index (χ2v) is 9.79. The molecule has 6 rings (SSSR count). The summed E-state index contributed by atoms with van der Waals surface area (Å²) in [6.45, 7) is 3.16. The van der Waals surface area contributed by atoms with E-state index in [-0.39, 0.29) is 5.91 Å². The normalized spacial score (nSPS) is 15.2. The van der Waals surface area contributed by atoms with E-state index >= 15 is 0 Å². The quantitative estimate of drug-likeness (QED) is 0.292. The Kier molecular flexibility index (Phi) is 6.04. The molecule has 4 aromatic rings. The number of amides is 1. The Morgan fingerprint density at radius 3 is 2.68 bits per heavy atom. The Morgan fingerprint density at radius 1 is 1.13 bits per heavy atom. The Labute approximate surface area is 223 Å². The van der Waals surface area contributed by atoms with Crippen LogP contribution in [0, 0.1) is 6.92 Å². The molecule has 2 aliphatic rings. The molecule has 8 nitrogen and oxygen atoms in total. The van der Waals surface area contributed by atoms with Crippen molar-refractivity contribution in [2.75, 3.05) is 22.9 Å². The van der Waals surface area contributed by atoms with E-state index in [1.54, 1.807) is 29.3 Å². The van der Waals surface area contributed by atoms with Crippen LogP contribution in [0.25, 0.3) is 17.0 Å². The number of aliphatic carboxylic acids is 1. The fourth-order valence-electron chi connectivity index (χ4n) is 4.88. The monoisotopic (exact) mass is 529 g/mol. The SMILES string of the molecule is Cc1c(/C=C/C(=O)O)oc2cc(Cl)c(Oc3ccncc3C(=O)N3CCN(C4CC4)c4ccccc43)cc12. The maximum Gasteiger partial charge on any atom is 0.328 e. The lowest BCUT2D eigenvalue weighted by atomic mass is 10.1. The minimum Gasteiger partial charge on any atom is -0.478 e. The largest absolute Gasteiger partial charge is 0.478 e. The molecule has 0 radical (unpaired) electrons. The Balaban J connectivity index is 1.33. The number of fused-ring (bicyclic) bond motifs is 2. The molecule has 1 amide bonds. The zero-order chi connectivity index (χ0) is 26.4. The van der Waals surface area contributed by atoms with E-state index in [2.05, 4.69) is 16.0 Å². The summed E-state index contributed by atoms with van der Waals surface area (Å²) in [7, 11) is 0. The number of carboxylic acids is 1. The fourth-order valence-corrected chi connectivity index (χ4v) is 5.07. The molecule has 192 valence electrons. The minimum atomic E-state index is -1.07. The van der Waals surface area contributed by atoms with Gasteiger partial charge >= 0.3 is 5.97 Å². The Hall–Kier alpha value is -4.30. The molecule has 1 N–H and O–H groups in total. The van der Waals surface area contributed by atoms with Gasteiger partial charge in [0.1, 0.15) is 28.4 Å². The van der Waals surface area contributed by atoms with Gasteiger partial charge in [0.05, 0.1) is 16.4 Å². The number of carbonyl (C=O) groups excluding carboxylic acids is 1. The molecule has 9 heteroatoms. The summed E-state index contributed by atoms with van der Waals surface area (Å²) in [6.07, 6.45) is 7.85. The molecule has 2 aromatic heterocycles. The van der Waals surface area contributed by atoms with Crippen LogP contribution in [-0.2, 0) is 4.79 Å². The van der Waals surface area contributed by atoms with Crippen molar-refractivity contribution in [3.8, 4) is 11.5 Å². The van der Waals surface area contributed by atoms with Gasteiger partial charge in [0.15, 0.2) is 0 Å². The maximum atomic E-state index is 13.8. The number of hydrogen-bond donors (Lipinski definition) is 1. The van der Waals surface area contributed by atoms with E-state index in [0.717, 1.165) is 34.9 Å². The van der Waals surface area contributed by atoms with Crippen LogP contribution >= 0.6 is 11.6 Å². The van der Waals surface area contributed by atoms with Crippen molar-refractivity contribution in [2.24, 2.45) is 0 Å². The van der Waals surface area contributed by atoms with Crippen LogP contribution in [-0.4, -0.2) is 41.1 Å². The number of hydrogen-bond acceptors (Lipinski definition) is 6. The number of aryl methyl sites for hydroxylation is 1. The molecule has 0 unspecified atom stereocenters. The highest BCUT2D eigenvalue weighted by molar-refractivity contribution is 6.32. The van der Waals surface area contributed by atoms with Gasteiger partial charge in [0.25, 0.3) is 5.91 Å². The summed E-state index contributed by atoms with van der Waals surface area (Å²) in [4.78, 5) is 33.1. The van der Waals surface area contributed by atoms with Crippen molar-refractivity contribution in [3.63, 3.8) is 0 Å². The summed E-state index contributed by atoms with van der Waals surface area (Å²) >= 11 is 6.53. The van der Waals surface area contributed by atoms with Crippen LogP contribution in [0.2, 0.25) is 5.02 Å². The number of benzene rings is 2. The van der Waals surface area contributed by atoms with Gasteiger partial charge in [0, 0.05) is 54.6 Å². The third-order valence-corrected chi connectivity index (χ3v) is 7.21. The summed E-state index contributed by atoms with van der Waals surface area (Å²) in [5, 5.41) is 9.96.